The van der Waals surface area contributed by atoms with Gasteiger partial charge >= 0.3 is 5.97 Å². The van der Waals surface area contributed by atoms with E-state index in [0.29, 0.717) is 17.4 Å². The molecule has 4 nitrogen and oxygen atoms in total. The zero-order chi connectivity index (χ0) is 13.0. The Morgan fingerprint density at radius 1 is 1.35 bits per heavy atom. The molecule has 0 saturated heterocycles. The number of rotatable bonds is 4. The monoisotopic (exact) mass is 235 g/mol. The van der Waals surface area contributed by atoms with E-state index in [2.05, 4.69) is 0 Å². The summed E-state index contributed by atoms with van der Waals surface area (Å²) in [4.78, 5) is 24.5. The van der Waals surface area contributed by atoms with E-state index in [-0.39, 0.29) is 6.10 Å². The molecule has 0 bridgehead atoms. The predicted octanol–water partition coefficient (Wildman–Crippen LogP) is 2.13. The third-order valence-corrected chi connectivity index (χ3v) is 2.24. The van der Waals surface area contributed by atoms with Gasteiger partial charge < -0.3 is 9.64 Å². The molecular weight excluding hydrogens is 218 g/mol. The number of hydrogen-bond acceptors (Lipinski definition) is 4. The number of anilines is 1. The summed E-state index contributed by atoms with van der Waals surface area (Å²) in [5.74, 6) is -0.467. The van der Waals surface area contributed by atoms with Gasteiger partial charge in [-0.05, 0) is 32.0 Å². The first-order valence-corrected chi connectivity index (χ1v) is 5.43. The van der Waals surface area contributed by atoms with E-state index in [9.17, 15) is 9.59 Å². The van der Waals surface area contributed by atoms with Crippen molar-refractivity contribution in [3.8, 4) is 0 Å². The number of carbonyl (C=O) groups excluding carboxylic acids is 2. The van der Waals surface area contributed by atoms with Crippen LogP contribution in [0.5, 0.6) is 0 Å². The van der Waals surface area contributed by atoms with E-state index in [0.717, 1.165) is 5.69 Å². The average Bonchev–Trinajstić information content (AvgIpc) is 2.27. The number of aldehydes is 1. The van der Waals surface area contributed by atoms with Crippen LogP contribution in [0.4, 0.5) is 5.69 Å². The van der Waals surface area contributed by atoms with Gasteiger partial charge in [0.05, 0.1) is 11.7 Å². The van der Waals surface area contributed by atoms with Crippen LogP contribution < -0.4 is 4.90 Å². The molecule has 0 radical (unpaired) electrons. The topological polar surface area (TPSA) is 46.6 Å². The lowest BCUT2D eigenvalue weighted by atomic mass is 10.1. The van der Waals surface area contributed by atoms with E-state index in [1.54, 1.807) is 32.0 Å². The maximum atomic E-state index is 11.8. The number of hydrogen-bond donors (Lipinski definition) is 0. The highest BCUT2D eigenvalue weighted by molar-refractivity contribution is 5.99. The molecule has 4 heteroatoms. The molecule has 0 fully saturated rings. The van der Waals surface area contributed by atoms with E-state index in [1.807, 2.05) is 19.0 Å². The first-order chi connectivity index (χ1) is 7.95. The molecule has 0 saturated carbocycles. The Morgan fingerprint density at radius 3 is 2.47 bits per heavy atom. The number of ether oxygens (including phenoxy) is 1. The minimum absolute atomic E-state index is 0.204. The fraction of sp³-hybridized carbons (Fsp3) is 0.385. The summed E-state index contributed by atoms with van der Waals surface area (Å²) in [7, 11) is 3.74. The number of benzene rings is 1. The van der Waals surface area contributed by atoms with Crippen LogP contribution in [-0.2, 0) is 4.74 Å². The van der Waals surface area contributed by atoms with Gasteiger partial charge in [-0.1, -0.05) is 0 Å². The molecule has 0 heterocycles. The molecule has 92 valence electrons. The minimum Gasteiger partial charge on any atom is -0.459 e. The summed E-state index contributed by atoms with van der Waals surface area (Å²) in [5.41, 5.74) is 1.51. The van der Waals surface area contributed by atoms with Gasteiger partial charge in [-0.3, -0.25) is 4.79 Å². The van der Waals surface area contributed by atoms with Crippen molar-refractivity contribution in [1.29, 1.82) is 0 Å². The fourth-order valence-corrected chi connectivity index (χ4v) is 1.38. The van der Waals surface area contributed by atoms with Crippen molar-refractivity contribution in [2.24, 2.45) is 0 Å². The molecule has 0 aromatic heterocycles. The third-order valence-electron chi connectivity index (χ3n) is 2.24. The van der Waals surface area contributed by atoms with Gasteiger partial charge in [0.2, 0.25) is 0 Å². The van der Waals surface area contributed by atoms with Crippen LogP contribution >= 0.6 is 0 Å². The van der Waals surface area contributed by atoms with Crippen LogP contribution in [0.2, 0.25) is 0 Å². The normalized spacial score (nSPS) is 10.2. The molecule has 0 N–H and O–H groups in total. The fourth-order valence-electron chi connectivity index (χ4n) is 1.38. The second kappa shape index (κ2) is 5.48. The van der Waals surface area contributed by atoms with E-state index >= 15 is 0 Å². The Balaban J connectivity index is 3.14. The van der Waals surface area contributed by atoms with Crippen molar-refractivity contribution in [3.63, 3.8) is 0 Å². The summed E-state index contributed by atoms with van der Waals surface area (Å²) in [6, 6.07) is 5.07. The first-order valence-electron chi connectivity index (χ1n) is 5.43. The van der Waals surface area contributed by atoms with E-state index in [1.165, 1.54) is 0 Å². The lowest BCUT2D eigenvalue weighted by Crippen LogP contribution is -2.15. The number of nitrogens with zero attached hydrogens (tertiary/aromatic N) is 1. The smallest absolute Gasteiger partial charge is 0.339 e. The van der Waals surface area contributed by atoms with Crippen LogP contribution in [0.3, 0.4) is 0 Å². The SMILES string of the molecule is CC(C)OC(=O)c1cc(N(C)C)ccc1C=O. The molecule has 0 atom stereocenters. The number of esters is 1. The standard InChI is InChI=1S/C13H17NO3/c1-9(2)17-13(16)12-7-11(14(3)4)6-5-10(12)8-15/h5-9H,1-4H3. The molecule has 17 heavy (non-hydrogen) atoms. The zero-order valence-corrected chi connectivity index (χ0v) is 10.6. The predicted molar refractivity (Wildman–Crippen MR) is 66.7 cm³/mol. The summed E-state index contributed by atoms with van der Waals surface area (Å²) < 4.78 is 5.10. The Kier molecular flexibility index (Phi) is 4.26. The highest BCUT2D eigenvalue weighted by Crippen LogP contribution is 2.18. The summed E-state index contributed by atoms with van der Waals surface area (Å²) in [6.07, 6.45) is 0.459. The lowest BCUT2D eigenvalue weighted by Gasteiger charge is -2.15. The van der Waals surface area contributed by atoms with Crippen molar-refractivity contribution in [1.82, 2.24) is 0 Å². The molecule has 1 rings (SSSR count). The van der Waals surface area contributed by atoms with Crippen molar-refractivity contribution in [2.45, 2.75) is 20.0 Å². The molecule has 0 spiro atoms. The van der Waals surface area contributed by atoms with Crippen LogP contribution in [0.1, 0.15) is 34.6 Å². The summed E-state index contributed by atoms with van der Waals surface area (Å²) in [6.45, 7) is 3.54. The molecule has 1 aromatic rings. The molecule has 0 aliphatic rings. The van der Waals surface area contributed by atoms with Gasteiger partial charge in [0, 0.05) is 25.3 Å². The number of carbonyl (C=O) groups is 2. The Labute approximate surface area is 101 Å². The molecular formula is C13H17NO3. The van der Waals surface area contributed by atoms with Gasteiger partial charge in [-0.15, -0.1) is 0 Å². The van der Waals surface area contributed by atoms with Gasteiger partial charge in [-0.25, -0.2) is 4.79 Å². The van der Waals surface area contributed by atoms with Gasteiger partial charge in [-0.2, -0.15) is 0 Å². The van der Waals surface area contributed by atoms with Gasteiger partial charge in [0.25, 0.3) is 0 Å². The summed E-state index contributed by atoms with van der Waals surface area (Å²) >= 11 is 0. The van der Waals surface area contributed by atoms with Crippen LogP contribution in [0, 0.1) is 0 Å². The maximum absolute atomic E-state index is 11.8. The van der Waals surface area contributed by atoms with Gasteiger partial charge in [0.1, 0.15) is 0 Å². The van der Waals surface area contributed by atoms with Gasteiger partial charge in [0.15, 0.2) is 6.29 Å². The van der Waals surface area contributed by atoms with Crippen LogP contribution in [-0.4, -0.2) is 32.5 Å². The highest BCUT2D eigenvalue weighted by atomic mass is 16.5. The van der Waals surface area contributed by atoms with Crippen molar-refractivity contribution in [3.05, 3.63) is 29.3 Å². The second-order valence-corrected chi connectivity index (χ2v) is 4.24. The first kappa shape index (κ1) is 13.2. The zero-order valence-electron chi connectivity index (χ0n) is 10.6. The second-order valence-electron chi connectivity index (χ2n) is 4.24. The molecule has 0 unspecified atom stereocenters. The average molecular weight is 235 g/mol. The van der Waals surface area contributed by atoms with E-state index < -0.39 is 5.97 Å². The quantitative estimate of drug-likeness (QED) is 0.592. The molecule has 1 aromatic carbocycles. The van der Waals surface area contributed by atoms with Crippen molar-refractivity contribution >= 4 is 17.9 Å². The lowest BCUT2D eigenvalue weighted by molar-refractivity contribution is 0.0376. The van der Waals surface area contributed by atoms with Crippen LogP contribution in [0.25, 0.3) is 0 Å². The Bertz CT molecular complexity index is 425. The van der Waals surface area contributed by atoms with E-state index in [4.69, 9.17) is 4.74 Å². The molecule has 0 aliphatic heterocycles. The molecule has 0 aliphatic carbocycles. The Morgan fingerprint density at radius 2 is 2.00 bits per heavy atom. The largest absolute Gasteiger partial charge is 0.459 e. The summed E-state index contributed by atoms with van der Waals surface area (Å²) in [5, 5.41) is 0. The third kappa shape index (κ3) is 3.31. The molecule has 0 amide bonds. The van der Waals surface area contributed by atoms with Crippen molar-refractivity contribution in [2.75, 3.05) is 19.0 Å². The highest BCUT2D eigenvalue weighted by Gasteiger charge is 2.15. The minimum atomic E-state index is -0.467. The van der Waals surface area contributed by atoms with Crippen molar-refractivity contribution < 1.29 is 14.3 Å². The Hall–Kier alpha value is -1.84. The van der Waals surface area contributed by atoms with Crippen LogP contribution in [0.15, 0.2) is 18.2 Å². The maximum Gasteiger partial charge on any atom is 0.339 e.